The molecule has 0 bridgehead atoms. The van der Waals surface area contributed by atoms with Gasteiger partial charge < -0.3 is 14.5 Å². The van der Waals surface area contributed by atoms with Gasteiger partial charge in [-0.2, -0.15) is 8.78 Å². The Labute approximate surface area is 155 Å². The van der Waals surface area contributed by atoms with Crippen LogP contribution in [0.5, 0.6) is 5.75 Å². The van der Waals surface area contributed by atoms with Gasteiger partial charge in [0.1, 0.15) is 11.5 Å². The topological polar surface area (TPSA) is 51.5 Å². The lowest BCUT2D eigenvalue weighted by molar-refractivity contribution is -0.116. The van der Waals surface area contributed by atoms with E-state index in [9.17, 15) is 13.6 Å². The predicted molar refractivity (Wildman–Crippen MR) is 97.2 cm³/mol. The third-order valence-electron chi connectivity index (χ3n) is 3.80. The molecule has 0 saturated carbocycles. The fourth-order valence-corrected chi connectivity index (χ4v) is 2.58. The number of rotatable bonds is 7. The smallest absolute Gasteiger partial charge is 0.387 e. The first-order chi connectivity index (χ1) is 13.1. The van der Waals surface area contributed by atoms with Gasteiger partial charge in [-0.1, -0.05) is 42.5 Å². The number of carbonyl (C=O) groups is 1. The number of nitrogens with one attached hydrogen (secondary N) is 1. The van der Waals surface area contributed by atoms with E-state index in [-0.39, 0.29) is 11.7 Å². The van der Waals surface area contributed by atoms with Crippen LogP contribution in [-0.2, 0) is 4.79 Å². The first kappa shape index (κ1) is 18.4. The lowest BCUT2D eigenvalue weighted by Crippen LogP contribution is -2.27. The van der Waals surface area contributed by atoms with E-state index in [0.717, 1.165) is 11.1 Å². The van der Waals surface area contributed by atoms with E-state index in [4.69, 9.17) is 4.42 Å². The summed E-state index contributed by atoms with van der Waals surface area (Å²) in [5, 5.41) is 2.92. The van der Waals surface area contributed by atoms with Crippen molar-refractivity contribution in [3.05, 3.63) is 96.0 Å². The summed E-state index contributed by atoms with van der Waals surface area (Å²) in [4.78, 5) is 12.3. The number of amides is 1. The van der Waals surface area contributed by atoms with E-state index in [1.165, 1.54) is 24.5 Å². The Balaban J connectivity index is 1.80. The van der Waals surface area contributed by atoms with Crippen LogP contribution in [0.2, 0.25) is 0 Å². The molecule has 27 heavy (non-hydrogen) atoms. The van der Waals surface area contributed by atoms with Crippen molar-refractivity contribution in [2.45, 2.75) is 12.7 Å². The molecule has 6 heteroatoms. The molecule has 138 valence electrons. The second-order valence-corrected chi connectivity index (χ2v) is 5.65. The third kappa shape index (κ3) is 5.28. The maximum atomic E-state index is 12.3. The highest BCUT2D eigenvalue weighted by Crippen LogP contribution is 2.25. The van der Waals surface area contributed by atoms with E-state index in [1.807, 2.05) is 30.3 Å². The molecule has 3 rings (SSSR count). The van der Waals surface area contributed by atoms with Crippen LogP contribution in [0.1, 0.15) is 22.9 Å². The number of carbonyl (C=O) groups excluding carboxylic acids is 1. The Bertz CT molecular complexity index is 876. The highest BCUT2D eigenvalue weighted by molar-refractivity contribution is 5.91. The van der Waals surface area contributed by atoms with Crippen molar-refractivity contribution in [2.75, 3.05) is 0 Å². The summed E-state index contributed by atoms with van der Waals surface area (Å²) in [5.74, 6) is 0.313. The van der Waals surface area contributed by atoms with Gasteiger partial charge in [-0.05, 0) is 41.5 Å². The SMILES string of the molecule is O=C(/C=C/c1ccco1)NC(c1ccccc1)c1ccc(OC(F)F)cc1. The van der Waals surface area contributed by atoms with Gasteiger partial charge in [0.25, 0.3) is 0 Å². The number of benzene rings is 2. The molecule has 1 heterocycles. The molecule has 0 spiro atoms. The highest BCUT2D eigenvalue weighted by atomic mass is 19.3. The summed E-state index contributed by atoms with van der Waals surface area (Å²) < 4.78 is 34.2. The molecule has 0 saturated heterocycles. The Morgan fingerprint density at radius 2 is 1.67 bits per heavy atom. The zero-order valence-corrected chi connectivity index (χ0v) is 14.2. The minimum atomic E-state index is -2.88. The third-order valence-corrected chi connectivity index (χ3v) is 3.80. The van der Waals surface area contributed by atoms with Crippen LogP contribution in [-0.4, -0.2) is 12.5 Å². The van der Waals surface area contributed by atoms with Crippen molar-refractivity contribution >= 4 is 12.0 Å². The van der Waals surface area contributed by atoms with Gasteiger partial charge in [0.15, 0.2) is 0 Å². The molecule has 0 aliphatic carbocycles. The van der Waals surface area contributed by atoms with E-state index < -0.39 is 12.7 Å². The lowest BCUT2D eigenvalue weighted by Gasteiger charge is -2.19. The quantitative estimate of drug-likeness (QED) is 0.609. The molecule has 4 nitrogen and oxygen atoms in total. The molecular weight excluding hydrogens is 352 g/mol. The molecule has 0 fully saturated rings. The Morgan fingerprint density at radius 1 is 0.963 bits per heavy atom. The molecule has 0 aliphatic rings. The van der Waals surface area contributed by atoms with E-state index >= 15 is 0 Å². The van der Waals surface area contributed by atoms with Gasteiger partial charge in [-0.3, -0.25) is 4.79 Å². The minimum absolute atomic E-state index is 0.0598. The maximum Gasteiger partial charge on any atom is 0.387 e. The second kappa shape index (κ2) is 8.80. The van der Waals surface area contributed by atoms with Crippen LogP contribution in [0.25, 0.3) is 6.08 Å². The van der Waals surface area contributed by atoms with Crippen LogP contribution in [0.4, 0.5) is 8.78 Å². The van der Waals surface area contributed by atoms with Gasteiger partial charge in [-0.25, -0.2) is 0 Å². The second-order valence-electron chi connectivity index (χ2n) is 5.65. The Kier molecular flexibility index (Phi) is 5.99. The monoisotopic (exact) mass is 369 g/mol. The average Bonchev–Trinajstić information content (AvgIpc) is 3.19. The van der Waals surface area contributed by atoms with Crippen LogP contribution >= 0.6 is 0 Å². The van der Waals surface area contributed by atoms with E-state index in [0.29, 0.717) is 5.76 Å². The van der Waals surface area contributed by atoms with Crippen molar-refractivity contribution in [2.24, 2.45) is 0 Å². The number of hydrogen-bond donors (Lipinski definition) is 1. The fourth-order valence-electron chi connectivity index (χ4n) is 2.58. The van der Waals surface area contributed by atoms with Gasteiger partial charge in [0.05, 0.1) is 12.3 Å². The molecule has 0 aliphatic heterocycles. The number of hydrogen-bond acceptors (Lipinski definition) is 3. The molecule has 1 N–H and O–H groups in total. The summed E-state index contributed by atoms with van der Waals surface area (Å²) in [7, 11) is 0. The van der Waals surface area contributed by atoms with Crippen molar-refractivity contribution in [1.29, 1.82) is 0 Å². The summed E-state index contributed by atoms with van der Waals surface area (Å²) in [6, 6.07) is 18.6. The fraction of sp³-hybridized carbons (Fsp3) is 0.0952. The van der Waals surface area contributed by atoms with Crippen molar-refractivity contribution in [3.63, 3.8) is 0 Å². The first-order valence-electron chi connectivity index (χ1n) is 8.23. The van der Waals surface area contributed by atoms with Crippen LogP contribution in [0.15, 0.2) is 83.5 Å². The molecule has 1 atom stereocenters. The number of halogens is 2. The average molecular weight is 369 g/mol. The molecule has 3 aromatic rings. The van der Waals surface area contributed by atoms with Crippen molar-refractivity contribution in [1.82, 2.24) is 5.32 Å². The van der Waals surface area contributed by atoms with E-state index in [1.54, 1.807) is 30.3 Å². The van der Waals surface area contributed by atoms with Crippen molar-refractivity contribution < 1.29 is 22.7 Å². The van der Waals surface area contributed by atoms with Gasteiger partial charge >= 0.3 is 6.61 Å². The molecule has 1 unspecified atom stereocenters. The number of furan rings is 1. The molecule has 1 aromatic heterocycles. The molecule has 0 radical (unpaired) electrons. The van der Waals surface area contributed by atoms with Gasteiger partial charge in [-0.15, -0.1) is 0 Å². The summed E-state index contributed by atoms with van der Waals surface area (Å²) in [5.41, 5.74) is 1.60. The standard InChI is InChI=1S/C21H17F2NO3/c22-21(23)27-18-10-8-16(9-11-18)20(15-5-2-1-3-6-15)24-19(25)13-12-17-7-4-14-26-17/h1-14,20-21H,(H,24,25)/b13-12+. The predicted octanol–water partition coefficient (Wildman–Crippen LogP) is 4.80. The zero-order valence-electron chi connectivity index (χ0n) is 14.2. The zero-order chi connectivity index (χ0) is 19.1. The van der Waals surface area contributed by atoms with Gasteiger partial charge in [0, 0.05) is 6.08 Å². The lowest BCUT2D eigenvalue weighted by atomic mass is 9.98. The van der Waals surface area contributed by atoms with Crippen LogP contribution < -0.4 is 10.1 Å². The normalized spacial score (nSPS) is 12.3. The summed E-state index contributed by atoms with van der Waals surface area (Å²) >= 11 is 0. The molecule has 2 aromatic carbocycles. The largest absolute Gasteiger partial charge is 0.465 e. The minimum Gasteiger partial charge on any atom is -0.465 e. The summed E-state index contributed by atoms with van der Waals surface area (Å²) in [6.45, 7) is -2.88. The maximum absolute atomic E-state index is 12.3. The van der Waals surface area contributed by atoms with Gasteiger partial charge in [0.2, 0.25) is 5.91 Å². The highest BCUT2D eigenvalue weighted by Gasteiger charge is 2.16. The Morgan fingerprint density at radius 3 is 2.30 bits per heavy atom. The summed E-state index contributed by atoms with van der Waals surface area (Å²) in [6.07, 6.45) is 4.47. The number of ether oxygens (including phenoxy) is 1. The van der Waals surface area contributed by atoms with Crippen LogP contribution in [0, 0.1) is 0 Å². The number of alkyl halides is 2. The molecular formula is C21H17F2NO3. The first-order valence-corrected chi connectivity index (χ1v) is 8.23. The molecule has 1 amide bonds. The van der Waals surface area contributed by atoms with E-state index in [2.05, 4.69) is 10.1 Å². The van der Waals surface area contributed by atoms with Crippen molar-refractivity contribution in [3.8, 4) is 5.75 Å². The Hall–Kier alpha value is -3.41. The van der Waals surface area contributed by atoms with Crippen LogP contribution in [0.3, 0.4) is 0 Å².